The van der Waals surface area contributed by atoms with Gasteiger partial charge in [-0.1, -0.05) is 24.2 Å². The van der Waals surface area contributed by atoms with Gasteiger partial charge in [-0.3, -0.25) is 9.48 Å². The number of rotatable bonds is 6. The number of carbonyl (C=O) groups excluding carboxylic acids is 1. The molecule has 138 valence electrons. The Kier molecular flexibility index (Phi) is 5.37. The second kappa shape index (κ2) is 7.88. The first-order chi connectivity index (χ1) is 12.9. The molecule has 2 aromatic heterocycles. The van der Waals surface area contributed by atoms with Gasteiger partial charge in [0.05, 0.1) is 17.6 Å². The molecule has 0 fully saturated rings. The van der Waals surface area contributed by atoms with Gasteiger partial charge in [-0.2, -0.15) is 10.1 Å². The lowest BCUT2D eigenvalue weighted by atomic mass is 10.2. The predicted molar refractivity (Wildman–Crippen MR) is 107 cm³/mol. The van der Waals surface area contributed by atoms with Crippen LogP contribution in [-0.2, 0) is 11.8 Å². The van der Waals surface area contributed by atoms with E-state index in [4.69, 9.17) is 11.6 Å². The molecule has 0 aliphatic carbocycles. The van der Waals surface area contributed by atoms with Crippen molar-refractivity contribution in [2.75, 3.05) is 16.0 Å². The van der Waals surface area contributed by atoms with Crippen molar-refractivity contribution >= 4 is 46.3 Å². The third kappa shape index (κ3) is 4.62. The number of halogens is 1. The number of aromatic nitrogens is 4. The molecule has 27 heavy (non-hydrogen) atoms. The van der Waals surface area contributed by atoms with Crippen LogP contribution in [0.5, 0.6) is 0 Å². The van der Waals surface area contributed by atoms with E-state index < -0.39 is 0 Å². The lowest BCUT2D eigenvalue weighted by Crippen LogP contribution is -2.07. The zero-order chi connectivity index (χ0) is 19.4. The number of nitrogens with one attached hydrogen (secondary N) is 3. The summed E-state index contributed by atoms with van der Waals surface area (Å²) in [6.45, 7) is 5.32. The first-order valence-electron chi connectivity index (χ1n) is 8.05. The molecule has 8 nitrogen and oxygen atoms in total. The van der Waals surface area contributed by atoms with Gasteiger partial charge in [0.1, 0.15) is 5.02 Å². The van der Waals surface area contributed by atoms with Gasteiger partial charge in [-0.25, -0.2) is 4.98 Å². The Balaban J connectivity index is 1.80. The van der Waals surface area contributed by atoms with Crippen LogP contribution in [0.1, 0.15) is 5.69 Å². The average Bonchev–Trinajstić information content (AvgIpc) is 2.95. The number of nitrogens with zero attached hydrogens (tertiary/aromatic N) is 4. The Bertz CT molecular complexity index is 999. The minimum Gasteiger partial charge on any atom is -0.339 e. The molecule has 1 amide bonds. The summed E-state index contributed by atoms with van der Waals surface area (Å²) in [6.07, 6.45) is 4.56. The summed E-state index contributed by atoms with van der Waals surface area (Å²) in [5, 5.41) is 13.6. The molecule has 0 saturated carbocycles. The number of benzene rings is 1. The van der Waals surface area contributed by atoms with Gasteiger partial charge in [0.15, 0.2) is 5.82 Å². The summed E-state index contributed by atoms with van der Waals surface area (Å²) < 4.78 is 1.70. The van der Waals surface area contributed by atoms with Crippen molar-refractivity contribution in [1.29, 1.82) is 0 Å². The second-order valence-electron chi connectivity index (χ2n) is 5.72. The van der Waals surface area contributed by atoms with E-state index >= 15 is 0 Å². The fourth-order valence-corrected chi connectivity index (χ4v) is 2.50. The van der Waals surface area contributed by atoms with Crippen molar-refractivity contribution in [3.8, 4) is 0 Å². The lowest BCUT2D eigenvalue weighted by molar-refractivity contribution is -0.111. The molecular weight excluding hydrogens is 366 g/mol. The third-order valence-electron chi connectivity index (χ3n) is 3.58. The van der Waals surface area contributed by atoms with Crippen LogP contribution in [0.15, 0.2) is 49.3 Å². The van der Waals surface area contributed by atoms with Gasteiger partial charge in [0, 0.05) is 24.6 Å². The van der Waals surface area contributed by atoms with E-state index in [0.717, 1.165) is 11.4 Å². The summed E-state index contributed by atoms with van der Waals surface area (Å²) in [7, 11) is 1.84. The van der Waals surface area contributed by atoms with Gasteiger partial charge in [0.2, 0.25) is 11.9 Å². The van der Waals surface area contributed by atoms with Crippen molar-refractivity contribution in [3.63, 3.8) is 0 Å². The summed E-state index contributed by atoms with van der Waals surface area (Å²) >= 11 is 6.22. The Labute approximate surface area is 161 Å². The molecule has 3 N–H and O–H groups in total. The highest BCUT2D eigenvalue weighted by molar-refractivity contribution is 6.32. The van der Waals surface area contributed by atoms with Crippen LogP contribution in [0.4, 0.5) is 28.8 Å². The lowest BCUT2D eigenvalue weighted by Gasteiger charge is -2.11. The summed E-state index contributed by atoms with van der Waals surface area (Å²) in [4.78, 5) is 20.1. The number of anilines is 5. The average molecular weight is 384 g/mol. The maximum atomic E-state index is 11.4. The Morgan fingerprint density at radius 3 is 2.78 bits per heavy atom. The molecule has 1 aromatic carbocycles. The number of hydrogen-bond acceptors (Lipinski definition) is 6. The zero-order valence-electron chi connectivity index (χ0n) is 14.8. The first kappa shape index (κ1) is 18.4. The van der Waals surface area contributed by atoms with Crippen LogP contribution >= 0.6 is 11.6 Å². The number of hydrogen-bond donors (Lipinski definition) is 3. The minimum absolute atomic E-state index is 0.287. The van der Waals surface area contributed by atoms with Crippen LogP contribution in [0.2, 0.25) is 5.02 Å². The van der Waals surface area contributed by atoms with Crippen molar-refractivity contribution < 1.29 is 4.79 Å². The Morgan fingerprint density at radius 2 is 2.07 bits per heavy atom. The highest BCUT2D eigenvalue weighted by atomic mass is 35.5. The van der Waals surface area contributed by atoms with E-state index in [9.17, 15) is 4.79 Å². The van der Waals surface area contributed by atoms with E-state index in [1.165, 1.54) is 12.3 Å². The van der Waals surface area contributed by atoms with Crippen LogP contribution in [0.25, 0.3) is 0 Å². The molecule has 0 bridgehead atoms. The molecule has 0 radical (unpaired) electrons. The van der Waals surface area contributed by atoms with E-state index in [1.807, 2.05) is 26.2 Å². The first-order valence-corrected chi connectivity index (χ1v) is 8.42. The van der Waals surface area contributed by atoms with E-state index in [1.54, 1.807) is 22.9 Å². The Morgan fingerprint density at radius 1 is 1.30 bits per heavy atom. The van der Waals surface area contributed by atoms with Crippen molar-refractivity contribution in [2.24, 2.45) is 7.05 Å². The summed E-state index contributed by atoms with van der Waals surface area (Å²) in [5.41, 5.74) is 2.97. The number of carbonyl (C=O) groups is 1. The quantitative estimate of drug-likeness (QED) is 0.560. The molecule has 9 heteroatoms. The number of amides is 1. The van der Waals surface area contributed by atoms with Crippen LogP contribution in [0.3, 0.4) is 0 Å². The smallest absolute Gasteiger partial charge is 0.247 e. The van der Waals surface area contributed by atoms with Crippen molar-refractivity contribution in [1.82, 2.24) is 19.7 Å². The maximum Gasteiger partial charge on any atom is 0.247 e. The number of aryl methyl sites for hydroxylation is 2. The minimum atomic E-state index is -0.287. The third-order valence-corrected chi connectivity index (χ3v) is 3.86. The SMILES string of the molecule is C=CC(=O)Nc1cccc(Nc2nc(Nc3cn(C)nc3C)ncc2Cl)c1. The largest absolute Gasteiger partial charge is 0.339 e. The van der Waals surface area contributed by atoms with Crippen molar-refractivity contribution in [3.05, 3.63) is 60.0 Å². The monoisotopic (exact) mass is 383 g/mol. The van der Waals surface area contributed by atoms with E-state index in [2.05, 4.69) is 37.6 Å². The molecule has 0 saturated heterocycles. The molecule has 0 aliphatic rings. The summed E-state index contributed by atoms with van der Waals surface area (Å²) in [6, 6.07) is 7.17. The molecule has 0 atom stereocenters. The van der Waals surface area contributed by atoms with Gasteiger partial charge >= 0.3 is 0 Å². The van der Waals surface area contributed by atoms with Crippen LogP contribution in [0, 0.1) is 6.92 Å². The Hall–Kier alpha value is -3.39. The topological polar surface area (TPSA) is 96.8 Å². The van der Waals surface area contributed by atoms with Crippen LogP contribution < -0.4 is 16.0 Å². The molecule has 0 spiro atoms. The molecule has 3 aromatic rings. The fourth-order valence-electron chi connectivity index (χ4n) is 2.36. The van der Waals surface area contributed by atoms with Gasteiger partial charge < -0.3 is 16.0 Å². The molecule has 0 aliphatic heterocycles. The summed E-state index contributed by atoms with van der Waals surface area (Å²) in [5.74, 6) is 0.530. The normalized spacial score (nSPS) is 10.3. The van der Waals surface area contributed by atoms with Crippen LogP contribution in [-0.4, -0.2) is 25.7 Å². The molecule has 0 unspecified atom stereocenters. The highest BCUT2D eigenvalue weighted by Gasteiger charge is 2.09. The molecular formula is C18H18ClN7O. The zero-order valence-corrected chi connectivity index (χ0v) is 15.6. The second-order valence-corrected chi connectivity index (χ2v) is 6.12. The molecule has 2 heterocycles. The van der Waals surface area contributed by atoms with E-state index in [0.29, 0.717) is 28.2 Å². The standard InChI is InChI=1S/C18H18ClN7O/c1-4-16(27)21-12-6-5-7-13(8-12)22-17-14(19)9-20-18(24-17)23-15-10-26(3)25-11(15)2/h4-10H,1H2,2-3H3,(H,21,27)(H2,20,22,23,24). The van der Waals surface area contributed by atoms with Gasteiger partial charge in [0.25, 0.3) is 0 Å². The van der Waals surface area contributed by atoms with Gasteiger partial charge in [-0.15, -0.1) is 0 Å². The van der Waals surface area contributed by atoms with Crippen molar-refractivity contribution in [2.45, 2.75) is 6.92 Å². The fraction of sp³-hybridized carbons (Fsp3) is 0.111. The van der Waals surface area contributed by atoms with E-state index in [-0.39, 0.29) is 5.91 Å². The van der Waals surface area contributed by atoms with Gasteiger partial charge in [-0.05, 0) is 31.2 Å². The maximum absolute atomic E-state index is 11.4. The molecule has 3 rings (SSSR count). The highest BCUT2D eigenvalue weighted by Crippen LogP contribution is 2.26. The predicted octanol–water partition coefficient (Wildman–Crippen LogP) is 3.78.